The first kappa shape index (κ1) is 11.3. The molecule has 0 saturated carbocycles. The second kappa shape index (κ2) is 3.78. The average Bonchev–Trinajstić information content (AvgIpc) is 2.01. The van der Waals surface area contributed by atoms with Crippen molar-refractivity contribution in [2.24, 2.45) is 0 Å². The van der Waals surface area contributed by atoms with E-state index in [4.69, 9.17) is 9.79 Å². The quantitative estimate of drug-likeness (QED) is 0.481. The van der Waals surface area contributed by atoms with E-state index >= 15 is 0 Å². The van der Waals surface area contributed by atoms with Gasteiger partial charge in [-0.1, -0.05) is 15.9 Å². The Morgan fingerprint density at radius 2 is 2.00 bits per heavy atom. The molecule has 2 N–H and O–H groups in total. The van der Waals surface area contributed by atoms with Crippen molar-refractivity contribution in [2.75, 3.05) is 0 Å². The molecule has 0 aliphatic heterocycles. The van der Waals surface area contributed by atoms with Gasteiger partial charge in [-0.3, -0.25) is 14.7 Å². The number of halogens is 1. The lowest BCUT2D eigenvalue weighted by molar-refractivity contribution is -0.383. The van der Waals surface area contributed by atoms with Gasteiger partial charge in [-0.05, 0) is 12.1 Å². The van der Waals surface area contributed by atoms with Gasteiger partial charge in [0.05, 0.1) is 4.92 Å². The van der Waals surface area contributed by atoms with Crippen molar-refractivity contribution >= 4 is 34.5 Å². The van der Waals surface area contributed by atoms with Gasteiger partial charge in [0, 0.05) is 10.5 Å². The molecule has 1 aromatic rings. The Morgan fingerprint density at radius 1 is 1.43 bits per heavy atom. The zero-order chi connectivity index (χ0) is 10.9. The summed E-state index contributed by atoms with van der Waals surface area (Å²) in [6.45, 7) is 0. The Morgan fingerprint density at radius 3 is 2.43 bits per heavy atom. The molecule has 0 spiro atoms. The highest BCUT2D eigenvalue weighted by Crippen LogP contribution is 2.38. The lowest BCUT2D eigenvalue weighted by Gasteiger charge is -2.04. The van der Waals surface area contributed by atoms with Gasteiger partial charge < -0.3 is 9.79 Å². The minimum absolute atomic E-state index is 0.376. The van der Waals surface area contributed by atoms with Crippen molar-refractivity contribution in [3.63, 3.8) is 0 Å². The standard InChI is InChI=1S/C6H5BrNO5P/c7-4-1-2-5(8(9)10)6(3-4)14(11,12)13/h1-3H,(H2,11,12,13). The third-order valence-electron chi connectivity index (χ3n) is 1.45. The predicted octanol–water partition coefficient (Wildman–Crippen LogP) is 1.16. The van der Waals surface area contributed by atoms with Crippen LogP contribution in [0.4, 0.5) is 5.69 Å². The summed E-state index contributed by atoms with van der Waals surface area (Å²) >= 11 is 2.97. The van der Waals surface area contributed by atoms with Crippen LogP contribution in [0.1, 0.15) is 0 Å². The maximum Gasteiger partial charge on any atom is 0.363 e. The fraction of sp³-hybridized carbons (Fsp3) is 0. The average molecular weight is 282 g/mol. The van der Waals surface area contributed by atoms with E-state index < -0.39 is 23.5 Å². The van der Waals surface area contributed by atoms with Crippen LogP contribution in [0, 0.1) is 10.1 Å². The Balaban J connectivity index is 3.46. The molecular weight excluding hydrogens is 277 g/mol. The molecule has 0 atom stereocenters. The van der Waals surface area contributed by atoms with E-state index in [0.717, 1.165) is 12.1 Å². The van der Waals surface area contributed by atoms with Crippen LogP contribution in [-0.2, 0) is 4.57 Å². The van der Waals surface area contributed by atoms with Gasteiger partial charge in [-0.15, -0.1) is 0 Å². The van der Waals surface area contributed by atoms with Crippen LogP contribution >= 0.6 is 23.5 Å². The SMILES string of the molecule is O=[N+]([O-])c1ccc(Br)cc1P(=O)(O)O. The Hall–Kier alpha value is -0.750. The normalized spacial score (nSPS) is 11.4. The van der Waals surface area contributed by atoms with Crippen LogP contribution in [0.15, 0.2) is 22.7 Å². The zero-order valence-corrected chi connectivity index (χ0v) is 9.10. The van der Waals surface area contributed by atoms with Gasteiger partial charge in [-0.2, -0.15) is 0 Å². The van der Waals surface area contributed by atoms with Gasteiger partial charge in [0.1, 0.15) is 5.30 Å². The lowest BCUT2D eigenvalue weighted by atomic mass is 10.3. The second-order valence-electron chi connectivity index (χ2n) is 2.43. The molecule has 6 nitrogen and oxygen atoms in total. The van der Waals surface area contributed by atoms with Crippen molar-refractivity contribution in [3.8, 4) is 0 Å². The van der Waals surface area contributed by atoms with E-state index in [1.165, 1.54) is 6.07 Å². The Kier molecular flexibility index (Phi) is 3.06. The molecule has 14 heavy (non-hydrogen) atoms. The summed E-state index contributed by atoms with van der Waals surface area (Å²) < 4.78 is 11.3. The smallest absolute Gasteiger partial charge is 0.321 e. The number of benzene rings is 1. The predicted molar refractivity (Wildman–Crippen MR) is 52.5 cm³/mol. The van der Waals surface area contributed by atoms with Gasteiger partial charge in [0.2, 0.25) is 0 Å². The summed E-state index contributed by atoms with van der Waals surface area (Å²) in [6.07, 6.45) is 0. The van der Waals surface area contributed by atoms with Crippen molar-refractivity contribution in [1.82, 2.24) is 0 Å². The van der Waals surface area contributed by atoms with E-state index in [-0.39, 0.29) is 0 Å². The molecule has 0 unspecified atom stereocenters. The molecule has 0 radical (unpaired) electrons. The summed E-state index contributed by atoms with van der Waals surface area (Å²) in [5, 5.41) is 9.84. The number of nitro benzene ring substituents is 1. The minimum atomic E-state index is -4.61. The number of hydrogen-bond donors (Lipinski definition) is 2. The molecule has 0 amide bonds. The molecule has 1 rings (SSSR count). The largest absolute Gasteiger partial charge is 0.363 e. The fourth-order valence-electron chi connectivity index (χ4n) is 0.884. The summed E-state index contributed by atoms with van der Waals surface area (Å²) in [5.74, 6) is 0. The number of nitrogens with zero attached hydrogens (tertiary/aromatic N) is 1. The molecule has 0 aliphatic carbocycles. The summed E-state index contributed by atoms with van der Waals surface area (Å²) in [6, 6.07) is 3.43. The molecule has 0 bridgehead atoms. The number of hydrogen-bond acceptors (Lipinski definition) is 3. The van der Waals surface area contributed by atoms with Crippen molar-refractivity contribution in [1.29, 1.82) is 0 Å². The molecule has 8 heteroatoms. The van der Waals surface area contributed by atoms with Crippen LogP contribution in [0.5, 0.6) is 0 Å². The van der Waals surface area contributed by atoms with E-state index in [0.29, 0.717) is 4.47 Å². The van der Waals surface area contributed by atoms with E-state index in [2.05, 4.69) is 15.9 Å². The van der Waals surface area contributed by atoms with Gasteiger partial charge in [0.25, 0.3) is 5.69 Å². The van der Waals surface area contributed by atoms with Crippen molar-refractivity contribution in [2.45, 2.75) is 0 Å². The topological polar surface area (TPSA) is 101 Å². The highest BCUT2D eigenvalue weighted by atomic mass is 79.9. The van der Waals surface area contributed by atoms with Gasteiger partial charge >= 0.3 is 7.60 Å². The van der Waals surface area contributed by atoms with Crippen LogP contribution in [-0.4, -0.2) is 14.7 Å². The van der Waals surface area contributed by atoms with Crippen LogP contribution in [0.25, 0.3) is 0 Å². The van der Waals surface area contributed by atoms with Crippen LogP contribution < -0.4 is 5.30 Å². The fourth-order valence-corrected chi connectivity index (χ4v) is 2.18. The third-order valence-corrected chi connectivity index (χ3v) is 2.93. The molecule has 1 aromatic carbocycles. The second-order valence-corrected chi connectivity index (χ2v) is 4.92. The first-order valence-corrected chi connectivity index (χ1v) is 5.73. The minimum Gasteiger partial charge on any atom is -0.321 e. The highest BCUT2D eigenvalue weighted by Gasteiger charge is 2.28. The summed E-state index contributed by atoms with van der Waals surface area (Å²) in [4.78, 5) is 27.3. The van der Waals surface area contributed by atoms with Crippen LogP contribution in [0.2, 0.25) is 0 Å². The number of nitro groups is 1. The summed E-state index contributed by atoms with van der Waals surface area (Å²) in [5.41, 5.74) is -0.582. The molecule has 0 heterocycles. The molecule has 0 aromatic heterocycles. The van der Waals surface area contributed by atoms with Crippen molar-refractivity contribution in [3.05, 3.63) is 32.8 Å². The monoisotopic (exact) mass is 281 g/mol. The van der Waals surface area contributed by atoms with Gasteiger partial charge in [-0.25, -0.2) is 0 Å². The highest BCUT2D eigenvalue weighted by molar-refractivity contribution is 9.10. The molecular formula is C6H5BrNO5P. The molecule has 0 fully saturated rings. The molecule has 0 aliphatic rings. The first-order chi connectivity index (χ1) is 6.32. The molecule has 0 saturated heterocycles. The Bertz CT molecular complexity index is 428. The lowest BCUT2D eigenvalue weighted by Crippen LogP contribution is -2.10. The Labute approximate surface area is 87.0 Å². The van der Waals surface area contributed by atoms with Crippen LogP contribution in [0.3, 0.4) is 0 Å². The van der Waals surface area contributed by atoms with E-state index in [1.807, 2.05) is 0 Å². The van der Waals surface area contributed by atoms with E-state index in [1.54, 1.807) is 0 Å². The van der Waals surface area contributed by atoms with Gasteiger partial charge in [0.15, 0.2) is 0 Å². The maximum absolute atomic E-state index is 10.9. The van der Waals surface area contributed by atoms with Crippen molar-refractivity contribution < 1.29 is 19.3 Å². The van der Waals surface area contributed by atoms with E-state index in [9.17, 15) is 14.7 Å². The number of rotatable bonds is 2. The third kappa shape index (κ3) is 2.39. The zero-order valence-electron chi connectivity index (χ0n) is 6.62. The summed E-state index contributed by atoms with van der Waals surface area (Å²) in [7, 11) is -4.61. The first-order valence-electron chi connectivity index (χ1n) is 3.32. The maximum atomic E-state index is 10.9. The molecule has 76 valence electrons.